The van der Waals surface area contributed by atoms with E-state index in [1.807, 2.05) is 11.3 Å². The predicted molar refractivity (Wildman–Crippen MR) is 93.7 cm³/mol. The lowest BCUT2D eigenvalue weighted by Gasteiger charge is -2.44. The molecular weight excluding hydrogens is 344 g/mol. The number of benzene rings is 1. The van der Waals surface area contributed by atoms with Gasteiger partial charge in [0.15, 0.2) is 0 Å². The minimum absolute atomic E-state index is 0.0881. The molecule has 0 saturated heterocycles. The van der Waals surface area contributed by atoms with E-state index in [2.05, 4.69) is 63.6 Å². The van der Waals surface area contributed by atoms with Gasteiger partial charge in [0.25, 0.3) is 0 Å². The summed E-state index contributed by atoms with van der Waals surface area (Å²) in [5.74, 6) is 0. The first kappa shape index (κ1) is 15.2. The van der Waals surface area contributed by atoms with Crippen LogP contribution >= 0.6 is 27.3 Å². The van der Waals surface area contributed by atoms with E-state index in [1.165, 1.54) is 20.5 Å². The summed E-state index contributed by atoms with van der Waals surface area (Å²) in [6, 6.07) is 11.0. The molecule has 2 nitrogen and oxygen atoms in total. The number of nitrogens with zero attached hydrogens (tertiary/aromatic N) is 1. The third-order valence-electron chi connectivity index (χ3n) is 4.70. The van der Waals surface area contributed by atoms with Gasteiger partial charge in [-0.2, -0.15) is 0 Å². The highest BCUT2D eigenvalue weighted by Gasteiger charge is 2.36. The number of hydrogen-bond donors (Lipinski definition) is 1. The Morgan fingerprint density at radius 1 is 1.33 bits per heavy atom. The zero-order valence-corrected chi connectivity index (χ0v) is 14.7. The second-order valence-corrected chi connectivity index (χ2v) is 7.87. The van der Waals surface area contributed by atoms with Crippen molar-refractivity contribution >= 4 is 27.3 Å². The molecule has 21 heavy (non-hydrogen) atoms. The van der Waals surface area contributed by atoms with Crippen LogP contribution in [0.3, 0.4) is 0 Å². The molecule has 1 aromatic carbocycles. The first-order chi connectivity index (χ1) is 10.1. The maximum absolute atomic E-state index is 6.21. The highest BCUT2D eigenvalue weighted by atomic mass is 79.9. The molecule has 1 atom stereocenters. The van der Waals surface area contributed by atoms with Crippen LogP contribution < -0.4 is 5.73 Å². The number of hydrogen-bond acceptors (Lipinski definition) is 3. The van der Waals surface area contributed by atoms with Gasteiger partial charge in [0.2, 0.25) is 0 Å². The Morgan fingerprint density at radius 2 is 2.10 bits per heavy atom. The number of aryl methyl sites for hydroxylation is 1. The van der Waals surface area contributed by atoms with Crippen LogP contribution in [0, 0.1) is 0 Å². The second kappa shape index (κ2) is 6.21. The molecule has 0 saturated carbocycles. The smallest absolute Gasteiger partial charge is 0.0376 e. The van der Waals surface area contributed by atoms with Crippen molar-refractivity contribution in [2.75, 3.05) is 13.6 Å². The summed E-state index contributed by atoms with van der Waals surface area (Å²) >= 11 is 5.34. The summed E-state index contributed by atoms with van der Waals surface area (Å²) in [5.41, 5.74) is 9.26. The standard InChI is InChI=1S/C17H21BrN2S/c1-20(10-16-8-15(18)11-21-16)17(12-19)7-6-13-4-2-3-5-14(13)9-17/h2-5,8,11H,6-7,9-10,12,19H2,1H3. The molecule has 1 unspecified atom stereocenters. The summed E-state index contributed by atoms with van der Waals surface area (Å²) in [5, 5.41) is 2.15. The summed E-state index contributed by atoms with van der Waals surface area (Å²) in [6.07, 6.45) is 3.33. The van der Waals surface area contributed by atoms with Crippen molar-refractivity contribution in [2.45, 2.75) is 31.3 Å². The largest absolute Gasteiger partial charge is 0.329 e. The Labute approximate surface area is 139 Å². The van der Waals surface area contributed by atoms with Crippen molar-refractivity contribution < 1.29 is 0 Å². The van der Waals surface area contributed by atoms with Gasteiger partial charge in [-0.25, -0.2) is 0 Å². The topological polar surface area (TPSA) is 29.3 Å². The molecule has 112 valence electrons. The quantitative estimate of drug-likeness (QED) is 0.892. The van der Waals surface area contributed by atoms with Gasteiger partial charge < -0.3 is 5.73 Å². The van der Waals surface area contributed by atoms with E-state index in [4.69, 9.17) is 5.73 Å². The van der Waals surface area contributed by atoms with E-state index in [-0.39, 0.29) is 5.54 Å². The number of thiophene rings is 1. The number of rotatable bonds is 4. The van der Waals surface area contributed by atoms with Crippen LogP contribution in [-0.4, -0.2) is 24.0 Å². The lowest BCUT2D eigenvalue weighted by molar-refractivity contribution is 0.102. The van der Waals surface area contributed by atoms with Crippen molar-refractivity contribution in [2.24, 2.45) is 5.73 Å². The molecular formula is C17H21BrN2S. The normalized spacial score (nSPS) is 21.5. The van der Waals surface area contributed by atoms with E-state index in [0.29, 0.717) is 6.54 Å². The van der Waals surface area contributed by atoms with E-state index in [9.17, 15) is 0 Å². The summed E-state index contributed by atoms with van der Waals surface area (Å²) in [4.78, 5) is 3.84. The van der Waals surface area contributed by atoms with E-state index < -0.39 is 0 Å². The highest BCUT2D eigenvalue weighted by molar-refractivity contribution is 9.10. The molecule has 0 aliphatic heterocycles. The van der Waals surface area contributed by atoms with E-state index in [0.717, 1.165) is 25.8 Å². The molecule has 0 spiro atoms. The third-order valence-corrected chi connectivity index (χ3v) is 6.38. The Morgan fingerprint density at radius 3 is 2.76 bits per heavy atom. The van der Waals surface area contributed by atoms with Crippen molar-refractivity contribution in [3.8, 4) is 0 Å². The van der Waals surface area contributed by atoms with Crippen LogP contribution in [0.1, 0.15) is 22.4 Å². The van der Waals surface area contributed by atoms with Gasteiger partial charge in [0, 0.05) is 33.4 Å². The summed E-state index contributed by atoms with van der Waals surface area (Å²) in [6.45, 7) is 1.68. The summed E-state index contributed by atoms with van der Waals surface area (Å²) in [7, 11) is 2.22. The molecule has 1 aliphatic rings. The van der Waals surface area contributed by atoms with Gasteiger partial charge in [0.1, 0.15) is 0 Å². The highest BCUT2D eigenvalue weighted by Crippen LogP contribution is 2.33. The molecule has 4 heteroatoms. The maximum Gasteiger partial charge on any atom is 0.0376 e. The lowest BCUT2D eigenvalue weighted by atomic mass is 9.77. The third kappa shape index (κ3) is 3.09. The molecule has 2 aromatic rings. The Balaban J connectivity index is 1.81. The van der Waals surface area contributed by atoms with Crippen LogP contribution in [0.25, 0.3) is 0 Å². The molecule has 0 radical (unpaired) electrons. The van der Waals surface area contributed by atoms with Gasteiger partial charge in [-0.15, -0.1) is 11.3 Å². The summed E-state index contributed by atoms with van der Waals surface area (Å²) < 4.78 is 1.17. The number of halogens is 1. The molecule has 3 rings (SSSR count). The Hall–Kier alpha value is -0.680. The fourth-order valence-corrected chi connectivity index (χ4v) is 4.78. The number of nitrogens with two attached hydrogens (primary N) is 1. The molecule has 1 aromatic heterocycles. The molecule has 0 amide bonds. The molecule has 1 aliphatic carbocycles. The minimum Gasteiger partial charge on any atom is -0.329 e. The van der Waals surface area contributed by atoms with Crippen molar-refractivity contribution in [1.29, 1.82) is 0 Å². The van der Waals surface area contributed by atoms with Crippen molar-refractivity contribution in [3.63, 3.8) is 0 Å². The number of likely N-dealkylation sites (N-methyl/N-ethyl adjacent to an activating group) is 1. The zero-order valence-electron chi connectivity index (χ0n) is 12.3. The molecule has 1 heterocycles. The average molecular weight is 365 g/mol. The Kier molecular flexibility index (Phi) is 4.50. The van der Waals surface area contributed by atoms with E-state index >= 15 is 0 Å². The van der Waals surface area contributed by atoms with Gasteiger partial charge in [0.05, 0.1) is 0 Å². The van der Waals surface area contributed by atoms with Crippen LogP contribution in [0.15, 0.2) is 40.2 Å². The zero-order chi connectivity index (χ0) is 14.9. The fourth-order valence-electron chi connectivity index (χ4n) is 3.28. The van der Waals surface area contributed by atoms with Crippen LogP contribution in [0.2, 0.25) is 0 Å². The fraction of sp³-hybridized carbons (Fsp3) is 0.412. The van der Waals surface area contributed by atoms with E-state index in [1.54, 1.807) is 0 Å². The van der Waals surface area contributed by atoms with Crippen molar-refractivity contribution in [1.82, 2.24) is 4.90 Å². The van der Waals surface area contributed by atoms with Crippen LogP contribution in [0.4, 0.5) is 0 Å². The SMILES string of the molecule is CN(Cc1cc(Br)cs1)C1(CN)CCc2ccccc2C1. The van der Waals surface area contributed by atoms with Crippen LogP contribution in [-0.2, 0) is 19.4 Å². The first-order valence-electron chi connectivity index (χ1n) is 7.34. The van der Waals surface area contributed by atoms with Gasteiger partial charge >= 0.3 is 0 Å². The molecule has 2 N–H and O–H groups in total. The lowest BCUT2D eigenvalue weighted by Crippen LogP contribution is -2.55. The molecule has 0 fully saturated rings. The monoisotopic (exact) mass is 364 g/mol. The maximum atomic E-state index is 6.21. The van der Waals surface area contributed by atoms with Crippen molar-refractivity contribution in [3.05, 3.63) is 56.2 Å². The minimum atomic E-state index is 0.0881. The Bertz CT molecular complexity index is 625. The number of fused-ring (bicyclic) bond motifs is 1. The van der Waals surface area contributed by atoms with Gasteiger partial charge in [-0.1, -0.05) is 24.3 Å². The first-order valence-corrected chi connectivity index (χ1v) is 9.01. The van der Waals surface area contributed by atoms with Gasteiger partial charge in [-0.3, -0.25) is 4.90 Å². The second-order valence-electron chi connectivity index (χ2n) is 5.96. The predicted octanol–water partition coefficient (Wildman–Crippen LogP) is 3.83. The average Bonchev–Trinajstić information content (AvgIpc) is 2.91. The van der Waals surface area contributed by atoms with Crippen LogP contribution in [0.5, 0.6) is 0 Å². The van der Waals surface area contributed by atoms with Gasteiger partial charge in [-0.05, 0) is 59.4 Å². The molecule has 0 bridgehead atoms.